The zero-order valence-corrected chi connectivity index (χ0v) is 14.8. The third-order valence-electron chi connectivity index (χ3n) is 4.01. The summed E-state index contributed by atoms with van der Waals surface area (Å²) in [6.07, 6.45) is 1.99. The first kappa shape index (κ1) is 16.5. The van der Waals surface area contributed by atoms with E-state index in [0.29, 0.717) is 6.54 Å². The Hall–Kier alpha value is -2.40. The molecule has 1 heterocycles. The summed E-state index contributed by atoms with van der Waals surface area (Å²) in [5.41, 5.74) is 3.70. The third kappa shape index (κ3) is 2.76. The van der Waals surface area contributed by atoms with Gasteiger partial charge in [0, 0.05) is 6.54 Å². The number of ether oxygens (including phenoxy) is 1. The van der Waals surface area contributed by atoms with Gasteiger partial charge in [-0.05, 0) is 60.5 Å². The van der Waals surface area contributed by atoms with Gasteiger partial charge in [-0.2, -0.15) is 0 Å². The summed E-state index contributed by atoms with van der Waals surface area (Å²) in [6, 6.07) is 15.7. The molecule has 0 unspecified atom stereocenters. The number of imidazole rings is 1. The molecule has 0 aliphatic carbocycles. The van der Waals surface area contributed by atoms with Crippen LogP contribution in [0.4, 0.5) is 0 Å². The molecule has 5 heteroatoms. The molecule has 4 nitrogen and oxygen atoms in total. The van der Waals surface area contributed by atoms with E-state index in [1.54, 1.807) is 28.0 Å². The summed E-state index contributed by atoms with van der Waals surface area (Å²) >= 11 is 1.58. The fraction of sp³-hybridized carbons (Fsp3) is 0.211. The second kappa shape index (κ2) is 7.01. The molecule has 0 saturated heterocycles. The van der Waals surface area contributed by atoms with Crippen LogP contribution in [0.5, 0.6) is 5.75 Å². The number of hydrogen-bond donors (Lipinski definition) is 0. The van der Waals surface area contributed by atoms with Crippen LogP contribution in [-0.2, 0) is 6.54 Å². The number of aryl methyl sites for hydroxylation is 1. The number of benzene rings is 2. The van der Waals surface area contributed by atoms with Crippen LogP contribution in [0, 0.1) is 0 Å². The summed E-state index contributed by atoms with van der Waals surface area (Å²) in [5.74, 6) is 0.797. The first-order chi connectivity index (χ1) is 11.7. The molecule has 0 radical (unpaired) electrons. The molecular weight excluding hydrogens is 320 g/mol. The van der Waals surface area contributed by atoms with Gasteiger partial charge in [-0.1, -0.05) is 12.1 Å². The predicted molar refractivity (Wildman–Crippen MR) is 102 cm³/mol. The number of methoxy groups -OCH3 is 1. The molecule has 3 aromatic rings. The lowest BCUT2D eigenvalue weighted by Gasteiger charge is -2.10. The van der Waals surface area contributed by atoms with Crippen molar-refractivity contribution in [1.82, 2.24) is 9.13 Å². The fourth-order valence-corrected chi connectivity index (χ4v) is 3.33. The summed E-state index contributed by atoms with van der Waals surface area (Å²) < 4.78 is 8.82. The highest BCUT2D eigenvalue weighted by Gasteiger charge is 2.16. The molecule has 0 saturated carbocycles. The van der Waals surface area contributed by atoms with Gasteiger partial charge in [0.2, 0.25) is 0 Å². The summed E-state index contributed by atoms with van der Waals surface area (Å²) in [4.78, 5) is 13.0. The van der Waals surface area contributed by atoms with Crippen LogP contribution >= 0.6 is 11.8 Å². The van der Waals surface area contributed by atoms with E-state index in [-0.39, 0.29) is 5.69 Å². The Morgan fingerprint density at radius 2 is 1.79 bits per heavy atom. The fourth-order valence-electron chi connectivity index (χ4n) is 2.87. The maximum absolute atomic E-state index is 13.0. The molecule has 0 bridgehead atoms. The second-order valence-corrected chi connectivity index (χ2v) is 6.03. The molecule has 0 atom stereocenters. The predicted octanol–water partition coefficient (Wildman–Crippen LogP) is 4.04. The van der Waals surface area contributed by atoms with Gasteiger partial charge in [0.1, 0.15) is 5.75 Å². The van der Waals surface area contributed by atoms with Crippen molar-refractivity contribution in [2.45, 2.75) is 13.5 Å². The number of para-hydroxylation sites is 2. The standard InChI is InChI=1S/C19H20N2O2S/c1-4-20-16-7-5-6-8-17(16)21(19(20)22)18(13-24-3)14-9-11-15(23-2)12-10-14/h5-13H,4H2,1-3H3/b18-13+. The molecular formula is C19H20N2O2S. The van der Waals surface area contributed by atoms with Crippen LogP contribution in [0.1, 0.15) is 12.5 Å². The van der Waals surface area contributed by atoms with Crippen molar-refractivity contribution < 1.29 is 4.74 Å². The average Bonchev–Trinajstić information content (AvgIpc) is 2.91. The van der Waals surface area contributed by atoms with E-state index in [0.717, 1.165) is 28.0 Å². The molecule has 0 fully saturated rings. The topological polar surface area (TPSA) is 36.2 Å². The SMILES string of the molecule is CCn1c(=O)n(/C(=C/SC)c2ccc(OC)cc2)c2ccccc21. The van der Waals surface area contributed by atoms with Crippen molar-refractivity contribution in [2.24, 2.45) is 0 Å². The monoisotopic (exact) mass is 340 g/mol. The van der Waals surface area contributed by atoms with Gasteiger partial charge in [-0.15, -0.1) is 11.8 Å². The number of nitrogens with zero attached hydrogens (tertiary/aromatic N) is 2. The molecule has 0 spiro atoms. The zero-order chi connectivity index (χ0) is 17.1. The van der Waals surface area contributed by atoms with Crippen LogP contribution in [0.2, 0.25) is 0 Å². The molecule has 0 aliphatic rings. The quantitative estimate of drug-likeness (QED) is 0.703. The van der Waals surface area contributed by atoms with Gasteiger partial charge in [0.25, 0.3) is 0 Å². The number of fused-ring (bicyclic) bond motifs is 1. The van der Waals surface area contributed by atoms with Gasteiger partial charge in [-0.3, -0.25) is 9.13 Å². The zero-order valence-electron chi connectivity index (χ0n) is 14.0. The molecule has 0 aliphatic heterocycles. The van der Waals surface area contributed by atoms with E-state index in [2.05, 4.69) is 0 Å². The average molecular weight is 340 g/mol. The van der Waals surface area contributed by atoms with Gasteiger partial charge >= 0.3 is 5.69 Å². The van der Waals surface area contributed by atoms with Gasteiger partial charge < -0.3 is 4.74 Å². The Morgan fingerprint density at radius 3 is 2.38 bits per heavy atom. The lowest BCUT2D eigenvalue weighted by Crippen LogP contribution is -2.23. The summed E-state index contributed by atoms with van der Waals surface area (Å²) in [6.45, 7) is 2.63. The minimum Gasteiger partial charge on any atom is -0.497 e. The third-order valence-corrected chi connectivity index (χ3v) is 4.47. The van der Waals surface area contributed by atoms with Gasteiger partial charge in [-0.25, -0.2) is 4.79 Å². The van der Waals surface area contributed by atoms with E-state index >= 15 is 0 Å². The first-order valence-corrected chi connectivity index (χ1v) is 9.08. The molecule has 0 N–H and O–H groups in total. The Labute approximate surface area is 145 Å². The highest BCUT2D eigenvalue weighted by Crippen LogP contribution is 2.25. The molecule has 2 aromatic carbocycles. The lowest BCUT2D eigenvalue weighted by atomic mass is 10.1. The molecule has 1 aromatic heterocycles. The van der Waals surface area contributed by atoms with E-state index in [4.69, 9.17) is 4.74 Å². The highest BCUT2D eigenvalue weighted by molar-refractivity contribution is 8.01. The van der Waals surface area contributed by atoms with Crippen LogP contribution in [0.15, 0.2) is 58.7 Å². The highest BCUT2D eigenvalue weighted by atomic mass is 32.2. The van der Waals surface area contributed by atoms with Crippen molar-refractivity contribution in [3.05, 3.63) is 70.0 Å². The number of hydrogen-bond acceptors (Lipinski definition) is 3. The van der Waals surface area contributed by atoms with E-state index in [9.17, 15) is 4.79 Å². The normalized spacial score (nSPS) is 11.9. The van der Waals surface area contributed by atoms with Crippen molar-refractivity contribution in [1.29, 1.82) is 0 Å². The van der Waals surface area contributed by atoms with Crippen LogP contribution in [0.3, 0.4) is 0 Å². The molecule has 124 valence electrons. The van der Waals surface area contributed by atoms with Gasteiger partial charge in [0.15, 0.2) is 0 Å². The minimum absolute atomic E-state index is 0.0187. The second-order valence-electron chi connectivity index (χ2n) is 5.32. The maximum atomic E-state index is 13.0. The Kier molecular flexibility index (Phi) is 4.81. The molecule has 24 heavy (non-hydrogen) atoms. The lowest BCUT2D eigenvalue weighted by molar-refractivity contribution is 0.415. The van der Waals surface area contributed by atoms with E-state index in [1.165, 1.54) is 0 Å². The molecule has 3 rings (SSSR count). The van der Waals surface area contributed by atoms with Gasteiger partial charge in [0.05, 0.1) is 23.8 Å². The van der Waals surface area contributed by atoms with Crippen LogP contribution in [-0.4, -0.2) is 22.5 Å². The first-order valence-electron chi connectivity index (χ1n) is 7.79. The smallest absolute Gasteiger partial charge is 0.333 e. The Bertz CT molecular complexity index is 936. The number of aromatic nitrogens is 2. The van der Waals surface area contributed by atoms with Crippen molar-refractivity contribution in [2.75, 3.05) is 13.4 Å². The van der Waals surface area contributed by atoms with E-state index < -0.39 is 0 Å². The summed E-state index contributed by atoms with van der Waals surface area (Å²) in [5, 5.41) is 2.01. The summed E-state index contributed by atoms with van der Waals surface area (Å²) in [7, 11) is 1.65. The largest absolute Gasteiger partial charge is 0.497 e. The Morgan fingerprint density at radius 1 is 1.12 bits per heavy atom. The minimum atomic E-state index is -0.0187. The number of rotatable bonds is 5. The Balaban J connectivity index is 2.27. The van der Waals surface area contributed by atoms with Crippen molar-refractivity contribution >= 4 is 28.5 Å². The number of thioether (sulfide) groups is 1. The van der Waals surface area contributed by atoms with Crippen LogP contribution < -0.4 is 10.4 Å². The van der Waals surface area contributed by atoms with Crippen molar-refractivity contribution in [3.8, 4) is 5.75 Å². The van der Waals surface area contributed by atoms with Crippen molar-refractivity contribution in [3.63, 3.8) is 0 Å². The van der Waals surface area contributed by atoms with Crippen LogP contribution in [0.25, 0.3) is 16.7 Å². The maximum Gasteiger partial charge on any atom is 0.333 e. The van der Waals surface area contributed by atoms with E-state index in [1.807, 2.05) is 67.1 Å². The molecule has 0 amide bonds.